The van der Waals surface area contributed by atoms with Crippen molar-refractivity contribution in [2.75, 3.05) is 0 Å². The van der Waals surface area contributed by atoms with Crippen molar-refractivity contribution in [3.05, 3.63) is 23.4 Å². The number of amides is 1. The minimum Gasteiger partial charge on any atom is -0.346 e. The molecule has 0 bridgehead atoms. The van der Waals surface area contributed by atoms with Gasteiger partial charge in [-0.2, -0.15) is 4.98 Å². The Hall–Kier alpha value is -2.25. The van der Waals surface area contributed by atoms with Gasteiger partial charge in [0.1, 0.15) is 5.82 Å². The fourth-order valence-electron chi connectivity index (χ4n) is 2.75. The summed E-state index contributed by atoms with van der Waals surface area (Å²) in [5.74, 6) is 2.92. The minimum atomic E-state index is -0.162. The van der Waals surface area contributed by atoms with Crippen molar-refractivity contribution in [3.8, 4) is 0 Å². The molecule has 0 radical (unpaired) electrons. The highest BCUT2D eigenvalue weighted by Crippen LogP contribution is 2.20. The highest BCUT2D eigenvalue weighted by Gasteiger charge is 2.23. The lowest BCUT2D eigenvalue weighted by Gasteiger charge is -2.13. The van der Waals surface area contributed by atoms with Crippen LogP contribution in [0.1, 0.15) is 69.9 Å². The summed E-state index contributed by atoms with van der Waals surface area (Å²) in [5, 5.41) is 15.3. The minimum absolute atomic E-state index is 0.0617. The van der Waals surface area contributed by atoms with Crippen molar-refractivity contribution in [1.82, 2.24) is 30.2 Å². The van der Waals surface area contributed by atoms with E-state index in [9.17, 15) is 4.79 Å². The molecule has 1 aliphatic heterocycles. The van der Waals surface area contributed by atoms with Gasteiger partial charge in [0.15, 0.2) is 11.6 Å². The van der Waals surface area contributed by atoms with E-state index >= 15 is 0 Å². The lowest BCUT2D eigenvalue weighted by molar-refractivity contribution is -0.121. The summed E-state index contributed by atoms with van der Waals surface area (Å²) in [6.45, 7) is 8.92. The van der Waals surface area contributed by atoms with Crippen LogP contribution in [-0.2, 0) is 29.6 Å². The van der Waals surface area contributed by atoms with Crippen LogP contribution in [-0.4, -0.2) is 30.8 Å². The number of hydrogen-bond acceptors (Lipinski definition) is 6. The molecule has 0 aliphatic carbocycles. The van der Waals surface area contributed by atoms with Crippen LogP contribution >= 0.6 is 0 Å². The zero-order valence-electron chi connectivity index (χ0n) is 14.7. The third kappa shape index (κ3) is 3.47. The lowest BCUT2D eigenvalue weighted by atomic mass is 9.96. The maximum absolute atomic E-state index is 12.2. The second-order valence-electron chi connectivity index (χ2n) is 7.28. The van der Waals surface area contributed by atoms with E-state index in [4.69, 9.17) is 4.52 Å². The lowest BCUT2D eigenvalue weighted by Crippen LogP contribution is -2.28. The van der Waals surface area contributed by atoms with Crippen LogP contribution in [0.3, 0.4) is 0 Å². The van der Waals surface area contributed by atoms with Gasteiger partial charge in [-0.25, -0.2) is 0 Å². The van der Waals surface area contributed by atoms with E-state index < -0.39 is 0 Å². The van der Waals surface area contributed by atoms with Gasteiger partial charge < -0.3 is 14.4 Å². The van der Waals surface area contributed by atoms with E-state index in [1.807, 2.05) is 27.7 Å². The third-order valence-corrected chi connectivity index (χ3v) is 4.11. The van der Waals surface area contributed by atoms with Crippen molar-refractivity contribution < 1.29 is 9.32 Å². The Bertz CT molecular complexity index is 727. The number of aromatic nitrogens is 5. The van der Waals surface area contributed by atoms with E-state index in [1.165, 1.54) is 0 Å². The fraction of sp³-hybridized carbons (Fsp3) is 0.688. The molecule has 130 valence electrons. The molecule has 8 nitrogen and oxygen atoms in total. The summed E-state index contributed by atoms with van der Waals surface area (Å²) in [6.07, 6.45) is 2.78. The molecular weight excluding hydrogens is 308 g/mol. The standard InChI is InChI=1S/C16H24N6O2/c1-10(14-20-19-11-6-5-9-22(11)14)17-12(23)7-8-13-18-15(21-24-13)16(2,3)4/h10H,5-9H2,1-4H3,(H,17,23). The molecule has 2 aromatic heterocycles. The van der Waals surface area contributed by atoms with Gasteiger partial charge in [0.2, 0.25) is 11.8 Å². The van der Waals surface area contributed by atoms with Crippen LogP contribution in [0.5, 0.6) is 0 Å². The number of nitrogens with one attached hydrogen (secondary N) is 1. The Labute approximate surface area is 141 Å². The van der Waals surface area contributed by atoms with E-state index in [0.29, 0.717) is 24.6 Å². The Kier molecular flexibility index (Phi) is 4.38. The molecule has 2 aromatic rings. The smallest absolute Gasteiger partial charge is 0.227 e. The molecule has 1 amide bonds. The fourth-order valence-corrected chi connectivity index (χ4v) is 2.75. The van der Waals surface area contributed by atoms with Gasteiger partial charge in [-0.1, -0.05) is 25.9 Å². The molecular formula is C16H24N6O2. The molecule has 0 fully saturated rings. The zero-order chi connectivity index (χ0) is 17.3. The van der Waals surface area contributed by atoms with Crippen molar-refractivity contribution in [2.24, 2.45) is 0 Å². The predicted octanol–water partition coefficient (Wildman–Crippen LogP) is 1.71. The van der Waals surface area contributed by atoms with Gasteiger partial charge in [-0.15, -0.1) is 10.2 Å². The number of carbonyl (C=O) groups excluding carboxylic acids is 1. The summed E-state index contributed by atoms with van der Waals surface area (Å²) in [6, 6.07) is -0.162. The molecule has 0 aromatic carbocycles. The SMILES string of the molecule is CC(NC(=O)CCc1nc(C(C)(C)C)no1)c1nnc2n1CCC2. The first-order chi connectivity index (χ1) is 11.3. The second kappa shape index (κ2) is 6.33. The first-order valence-electron chi connectivity index (χ1n) is 8.39. The van der Waals surface area contributed by atoms with Crippen LogP contribution in [0.4, 0.5) is 0 Å². The van der Waals surface area contributed by atoms with Gasteiger partial charge in [0.05, 0.1) is 6.04 Å². The molecule has 1 aliphatic rings. The molecule has 3 rings (SSSR count). The van der Waals surface area contributed by atoms with Gasteiger partial charge in [-0.05, 0) is 13.3 Å². The van der Waals surface area contributed by atoms with Gasteiger partial charge >= 0.3 is 0 Å². The molecule has 0 spiro atoms. The van der Waals surface area contributed by atoms with Gasteiger partial charge in [-0.3, -0.25) is 4.79 Å². The summed E-state index contributed by atoms with van der Waals surface area (Å²) in [7, 11) is 0. The third-order valence-electron chi connectivity index (χ3n) is 4.11. The Morgan fingerprint density at radius 3 is 2.88 bits per heavy atom. The predicted molar refractivity (Wildman–Crippen MR) is 86.2 cm³/mol. The molecule has 1 unspecified atom stereocenters. The molecule has 0 saturated carbocycles. The van der Waals surface area contributed by atoms with Crippen molar-refractivity contribution in [1.29, 1.82) is 0 Å². The van der Waals surface area contributed by atoms with E-state index in [-0.39, 0.29) is 17.4 Å². The largest absolute Gasteiger partial charge is 0.346 e. The van der Waals surface area contributed by atoms with E-state index in [0.717, 1.165) is 31.0 Å². The summed E-state index contributed by atoms with van der Waals surface area (Å²) >= 11 is 0. The topological polar surface area (TPSA) is 98.7 Å². The number of carbonyl (C=O) groups is 1. The van der Waals surface area contributed by atoms with Crippen molar-refractivity contribution in [3.63, 3.8) is 0 Å². The normalized spacial score (nSPS) is 15.3. The second-order valence-corrected chi connectivity index (χ2v) is 7.28. The number of aryl methyl sites for hydroxylation is 2. The van der Waals surface area contributed by atoms with Crippen LogP contribution in [0, 0.1) is 0 Å². The average Bonchev–Trinajstić information content (AvgIpc) is 3.20. The van der Waals surface area contributed by atoms with Crippen LogP contribution in [0.2, 0.25) is 0 Å². The number of rotatable bonds is 5. The highest BCUT2D eigenvalue weighted by molar-refractivity contribution is 5.76. The maximum atomic E-state index is 12.2. The summed E-state index contributed by atoms with van der Waals surface area (Å²) in [4.78, 5) is 16.5. The van der Waals surface area contributed by atoms with E-state index in [1.54, 1.807) is 0 Å². The van der Waals surface area contributed by atoms with Crippen LogP contribution < -0.4 is 5.32 Å². The first-order valence-corrected chi connectivity index (χ1v) is 8.39. The summed E-state index contributed by atoms with van der Waals surface area (Å²) in [5.41, 5.74) is -0.160. The van der Waals surface area contributed by atoms with Crippen LogP contribution in [0.15, 0.2) is 4.52 Å². The average molecular weight is 332 g/mol. The van der Waals surface area contributed by atoms with Crippen molar-refractivity contribution in [2.45, 2.75) is 71.4 Å². The molecule has 1 N–H and O–H groups in total. The molecule has 0 saturated heterocycles. The molecule has 3 heterocycles. The molecule has 8 heteroatoms. The molecule has 1 atom stereocenters. The van der Waals surface area contributed by atoms with E-state index in [2.05, 4.69) is 30.2 Å². The van der Waals surface area contributed by atoms with Gasteiger partial charge in [0, 0.05) is 31.2 Å². The zero-order valence-corrected chi connectivity index (χ0v) is 14.7. The van der Waals surface area contributed by atoms with Gasteiger partial charge in [0.25, 0.3) is 0 Å². The number of hydrogen-bond donors (Lipinski definition) is 1. The Morgan fingerprint density at radius 1 is 1.38 bits per heavy atom. The van der Waals surface area contributed by atoms with Crippen molar-refractivity contribution >= 4 is 5.91 Å². The highest BCUT2D eigenvalue weighted by atomic mass is 16.5. The Balaban J connectivity index is 1.53. The number of nitrogens with zero attached hydrogens (tertiary/aromatic N) is 5. The quantitative estimate of drug-likeness (QED) is 0.895. The number of fused-ring (bicyclic) bond motifs is 1. The van der Waals surface area contributed by atoms with Crippen LogP contribution in [0.25, 0.3) is 0 Å². The maximum Gasteiger partial charge on any atom is 0.227 e. The summed E-state index contributed by atoms with van der Waals surface area (Å²) < 4.78 is 7.31. The Morgan fingerprint density at radius 2 is 2.17 bits per heavy atom. The monoisotopic (exact) mass is 332 g/mol. The first kappa shape index (κ1) is 16.6. The molecule has 24 heavy (non-hydrogen) atoms.